The van der Waals surface area contributed by atoms with Crippen LogP contribution in [0.3, 0.4) is 0 Å². The van der Waals surface area contributed by atoms with Crippen LogP contribution in [0.25, 0.3) is 11.2 Å². The van der Waals surface area contributed by atoms with E-state index in [1.54, 1.807) is 6.33 Å². The van der Waals surface area contributed by atoms with Gasteiger partial charge in [0.2, 0.25) is 11.2 Å². The van der Waals surface area contributed by atoms with Crippen molar-refractivity contribution in [3.05, 3.63) is 83.4 Å². The van der Waals surface area contributed by atoms with E-state index in [9.17, 15) is 14.4 Å². The first-order valence-electron chi connectivity index (χ1n) is 15.9. The summed E-state index contributed by atoms with van der Waals surface area (Å²) in [7, 11) is 0. The predicted octanol–water partition coefficient (Wildman–Crippen LogP) is 4.90. The standard InChI is InChI=1S/C34H37ClN6O6/c35-34-38-31(30-32(39-34)41(22-36-30)28-13-7-8-18-45-28)40(25-14-15-25)19-27(42)37-26(33(44)47-21-24-11-5-2-6-12-24)16-17-29(43)46-20-23-9-3-1-4-10-23/h1-6,9-12,22,25-26,28H,7-8,13-21H2,(H,37,42)/t26-,28?/m0/s1. The fourth-order valence-corrected chi connectivity index (χ4v) is 5.70. The molecule has 1 saturated carbocycles. The zero-order valence-electron chi connectivity index (χ0n) is 25.9. The minimum Gasteiger partial charge on any atom is -0.461 e. The normalized spacial score (nSPS) is 16.7. The van der Waals surface area contributed by atoms with Gasteiger partial charge in [-0.1, -0.05) is 60.7 Å². The molecule has 3 heterocycles. The number of halogens is 1. The summed E-state index contributed by atoms with van der Waals surface area (Å²) in [4.78, 5) is 54.8. The lowest BCUT2D eigenvalue weighted by Crippen LogP contribution is -2.47. The summed E-state index contributed by atoms with van der Waals surface area (Å²) in [5.74, 6) is -1.12. The van der Waals surface area contributed by atoms with Crippen molar-refractivity contribution in [3.8, 4) is 0 Å². The molecule has 2 aromatic carbocycles. The Morgan fingerprint density at radius 1 is 0.957 bits per heavy atom. The Bertz CT molecular complexity index is 1680. The van der Waals surface area contributed by atoms with Crippen molar-refractivity contribution in [1.29, 1.82) is 0 Å². The molecule has 2 aliphatic rings. The van der Waals surface area contributed by atoms with E-state index in [1.165, 1.54) is 0 Å². The first kappa shape index (κ1) is 32.4. The molecular weight excluding hydrogens is 624 g/mol. The highest BCUT2D eigenvalue weighted by Gasteiger charge is 2.35. The molecule has 1 aliphatic heterocycles. The summed E-state index contributed by atoms with van der Waals surface area (Å²) in [5.41, 5.74) is 2.71. The topological polar surface area (TPSA) is 138 Å². The van der Waals surface area contributed by atoms with Crippen molar-refractivity contribution >= 4 is 46.4 Å². The second-order valence-electron chi connectivity index (χ2n) is 11.7. The summed E-state index contributed by atoms with van der Waals surface area (Å²) in [5, 5.41) is 2.83. The Kier molecular flexibility index (Phi) is 10.6. The number of ether oxygens (including phenoxy) is 3. The Balaban J connectivity index is 1.15. The maximum absolute atomic E-state index is 13.6. The number of nitrogens with zero attached hydrogens (tertiary/aromatic N) is 5. The van der Waals surface area contributed by atoms with E-state index in [-0.39, 0.29) is 50.2 Å². The quantitative estimate of drug-likeness (QED) is 0.147. The average Bonchev–Trinajstić information content (AvgIpc) is 3.86. The van der Waals surface area contributed by atoms with Gasteiger partial charge in [-0.25, -0.2) is 9.78 Å². The van der Waals surface area contributed by atoms with Crippen molar-refractivity contribution in [1.82, 2.24) is 24.8 Å². The zero-order chi connectivity index (χ0) is 32.6. The second kappa shape index (κ2) is 15.4. The number of hydrogen-bond acceptors (Lipinski definition) is 10. The van der Waals surface area contributed by atoms with Crippen molar-refractivity contribution in [2.45, 2.75) is 76.5 Å². The van der Waals surface area contributed by atoms with Gasteiger partial charge in [0.25, 0.3) is 0 Å². The van der Waals surface area contributed by atoms with Crippen LogP contribution in [0.15, 0.2) is 67.0 Å². The van der Waals surface area contributed by atoms with Crippen LogP contribution in [0.4, 0.5) is 5.82 Å². The van der Waals surface area contributed by atoms with E-state index in [1.807, 2.05) is 70.1 Å². The maximum Gasteiger partial charge on any atom is 0.328 e. The third-order valence-corrected chi connectivity index (χ3v) is 8.31. The van der Waals surface area contributed by atoms with Gasteiger partial charge in [-0.05, 0) is 61.3 Å². The van der Waals surface area contributed by atoms with E-state index >= 15 is 0 Å². The molecule has 1 unspecified atom stereocenters. The number of carbonyl (C=O) groups is 3. The fourth-order valence-electron chi connectivity index (χ4n) is 5.54. The number of carbonyl (C=O) groups excluding carboxylic acids is 3. The fraction of sp³-hybridized carbons (Fsp3) is 0.412. The Labute approximate surface area is 277 Å². The zero-order valence-corrected chi connectivity index (χ0v) is 26.7. The first-order valence-corrected chi connectivity index (χ1v) is 16.3. The van der Waals surface area contributed by atoms with Gasteiger partial charge in [-0.3, -0.25) is 14.2 Å². The van der Waals surface area contributed by atoms with E-state index in [4.69, 9.17) is 25.8 Å². The maximum atomic E-state index is 13.6. The predicted molar refractivity (Wildman–Crippen MR) is 173 cm³/mol. The molecule has 0 spiro atoms. The highest BCUT2D eigenvalue weighted by Crippen LogP contribution is 2.35. The van der Waals surface area contributed by atoms with Crippen molar-refractivity contribution < 1.29 is 28.6 Å². The number of aromatic nitrogens is 4. The number of benzene rings is 2. The van der Waals surface area contributed by atoms with Crippen LogP contribution in [0.2, 0.25) is 5.28 Å². The van der Waals surface area contributed by atoms with Crippen molar-refractivity contribution in [2.24, 2.45) is 0 Å². The van der Waals surface area contributed by atoms with Gasteiger partial charge in [0, 0.05) is 19.1 Å². The summed E-state index contributed by atoms with van der Waals surface area (Å²) in [6.07, 6.45) is 5.98. The minimum atomic E-state index is -1.08. The van der Waals surface area contributed by atoms with E-state index in [0.717, 1.165) is 43.2 Å². The SMILES string of the molecule is O=C(CN(c1nc(Cl)nc2c1ncn2C1CCCCO1)C1CC1)N[C@@H](CCC(=O)OCc1ccccc1)C(=O)OCc1ccccc1. The van der Waals surface area contributed by atoms with Crippen LogP contribution in [0.1, 0.15) is 62.3 Å². The lowest BCUT2D eigenvalue weighted by Gasteiger charge is -2.26. The highest BCUT2D eigenvalue weighted by atomic mass is 35.5. The van der Waals surface area contributed by atoms with Crippen LogP contribution in [0, 0.1) is 0 Å². The molecule has 2 atom stereocenters. The summed E-state index contributed by atoms with van der Waals surface area (Å²) in [6.45, 7) is 0.693. The Morgan fingerprint density at radius 3 is 2.32 bits per heavy atom. The van der Waals surface area contributed by atoms with Crippen LogP contribution >= 0.6 is 11.6 Å². The summed E-state index contributed by atoms with van der Waals surface area (Å²) in [6, 6.07) is 17.5. The number of anilines is 1. The third-order valence-electron chi connectivity index (χ3n) is 8.14. The molecule has 0 radical (unpaired) electrons. The number of nitrogens with one attached hydrogen (secondary N) is 1. The molecule has 47 heavy (non-hydrogen) atoms. The average molecular weight is 661 g/mol. The van der Waals surface area contributed by atoms with Crippen LogP contribution < -0.4 is 10.2 Å². The Hall–Kier alpha value is -4.55. The van der Waals surface area contributed by atoms with Crippen LogP contribution in [-0.2, 0) is 41.8 Å². The van der Waals surface area contributed by atoms with E-state index in [2.05, 4.69) is 20.3 Å². The highest BCUT2D eigenvalue weighted by molar-refractivity contribution is 6.28. The van der Waals surface area contributed by atoms with Gasteiger partial charge in [-0.2, -0.15) is 9.97 Å². The second-order valence-corrected chi connectivity index (χ2v) is 12.1. The third kappa shape index (κ3) is 8.63. The van der Waals surface area contributed by atoms with E-state index < -0.39 is 23.9 Å². The number of esters is 2. The molecule has 6 rings (SSSR count). The molecule has 1 aliphatic carbocycles. The van der Waals surface area contributed by atoms with Gasteiger partial charge in [-0.15, -0.1) is 0 Å². The number of imidazole rings is 1. The van der Waals surface area contributed by atoms with E-state index in [0.29, 0.717) is 23.6 Å². The summed E-state index contributed by atoms with van der Waals surface area (Å²) < 4.78 is 18.8. The lowest BCUT2D eigenvalue weighted by molar-refractivity contribution is -0.150. The Morgan fingerprint density at radius 2 is 1.66 bits per heavy atom. The lowest BCUT2D eigenvalue weighted by atomic mass is 10.1. The monoisotopic (exact) mass is 660 g/mol. The largest absolute Gasteiger partial charge is 0.461 e. The molecule has 13 heteroatoms. The molecule has 1 N–H and O–H groups in total. The molecule has 2 aromatic heterocycles. The van der Waals surface area contributed by atoms with Gasteiger partial charge >= 0.3 is 11.9 Å². The van der Waals surface area contributed by atoms with Gasteiger partial charge in [0.05, 0.1) is 12.9 Å². The smallest absolute Gasteiger partial charge is 0.328 e. The van der Waals surface area contributed by atoms with Crippen LogP contribution in [-0.4, -0.2) is 62.6 Å². The minimum absolute atomic E-state index is 0.00574. The number of amides is 1. The molecule has 12 nitrogen and oxygen atoms in total. The summed E-state index contributed by atoms with van der Waals surface area (Å²) >= 11 is 6.41. The molecular formula is C34H37ClN6O6. The molecule has 1 amide bonds. The van der Waals surface area contributed by atoms with Gasteiger partial charge in [0.15, 0.2) is 17.0 Å². The molecule has 1 saturated heterocycles. The molecule has 4 aromatic rings. The molecule has 0 bridgehead atoms. The van der Waals surface area contributed by atoms with Crippen LogP contribution in [0.5, 0.6) is 0 Å². The van der Waals surface area contributed by atoms with Crippen molar-refractivity contribution in [3.63, 3.8) is 0 Å². The number of fused-ring (bicyclic) bond motifs is 1. The first-order chi connectivity index (χ1) is 22.9. The van der Waals surface area contributed by atoms with Gasteiger partial charge < -0.3 is 24.4 Å². The van der Waals surface area contributed by atoms with Crippen molar-refractivity contribution in [2.75, 3.05) is 18.1 Å². The molecule has 246 valence electrons. The number of hydrogen-bond donors (Lipinski definition) is 1. The molecule has 2 fully saturated rings. The van der Waals surface area contributed by atoms with Gasteiger partial charge in [0.1, 0.15) is 25.5 Å². The number of rotatable bonds is 14.